The van der Waals surface area contributed by atoms with Gasteiger partial charge in [-0.25, -0.2) is 9.78 Å². The molecule has 136 valence electrons. The number of hydrogen-bond acceptors (Lipinski definition) is 5. The lowest BCUT2D eigenvalue weighted by molar-refractivity contribution is 0.0470. The fraction of sp³-hybridized carbons (Fsp3) is 0.227. The van der Waals surface area contributed by atoms with Gasteiger partial charge in [0.15, 0.2) is 18.1 Å². The van der Waals surface area contributed by atoms with Crippen LogP contribution in [0.2, 0.25) is 0 Å². The molecule has 1 heterocycles. The van der Waals surface area contributed by atoms with Crippen LogP contribution in [0, 0.1) is 0 Å². The third-order valence-corrected chi connectivity index (χ3v) is 5.63. The molecule has 0 aliphatic heterocycles. The van der Waals surface area contributed by atoms with Crippen LogP contribution >= 0.6 is 11.3 Å². The molecule has 1 aliphatic rings. The second-order valence-corrected chi connectivity index (χ2v) is 7.45. The minimum absolute atomic E-state index is 0.185. The molecule has 0 atom stereocenters. The Balaban J connectivity index is 1.39. The van der Waals surface area contributed by atoms with E-state index in [4.69, 9.17) is 4.74 Å². The van der Waals surface area contributed by atoms with Crippen molar-refractivity contribution in [2.45, 2.75) is 25.7 Å². The van der Waals surface area contributed by atoms with E-state index < -0.39 is 5.97 Å². The Bertz CT molecular complexity index is 978. The highest BCUT2D eigenvalue weighted by molar-refractivity contribution is 7.13. The molecule has 3 aromatic rings. The molecule has 0 N–H and O–H groups in total. The molecule has 1 aromatic heterocycles. The van der Waals surface area contributed by atoms with Crippen molar-refractivity contribution >= 4 is 23.1 Å². The predicted molar refractivity (Wildman–Crippen MR) is 105 cm³/mol. The number of hydrogen-bond donors (Lipinski definition) is 0. The molecule has 0 amide bonds. The molecule has 27 heavy (non-hydrogen) atoms. The van der Waals surface area contributed by atoms with E-state index in [2.05, 4.69) is 4.98 Å². The summed E-state index contributed by atoms with van der Waals surface area (Å²) in [4.78, 5) is 28.9. The first-order valence-electron chi connectivity index (χ1n) is 9.04. The van der Waals surface area contributed by atoms with Gasteiger partial charge < -0.3 is 4.74 Å². The van der Waals surface area contributed by atoms with E-state index in [-0.39, 0.29) is 18.1 Å². The van der Waals surface area contributed by atoms with Crippen molar-refractivity contribution in [2.24, 2.45) is 0 Å². The van der Waals surface area contributed by atoms with Gasteiger partial charge in [-0.1, -0.05) is 42.5 Å². The third-order valence-electron chi connectivity index (χ3n) is 4.74. The maximum Gasteiger partial charge on any atom is 0.358 e. The van der Waals surface area contributed by atoms with Crippen molar-refractivity contribution in [3.05, 3.63) is 76.3 Å². The number of ketones is 1. The lowest BCUT2D eigenvalue weighted by atomic mass is 9.90. The fourth-order valence-corrected chi connectivity index (χ4v) is 4.07. The molecule has 2 aromatic carbocycles. The van der Waals surface area contributed by atoms with Crippen LogP contribution in [0.1, 0.15) is 44.8 Å². The number of benzene rings is 2. The van der Waals surface area contributed by atoms with Crippen molar-refractivity contribution < 1.29 is 14.3 Å². The van der Waals surface area contributed by atoms with Crippen LogP contribution in [0.4, 0.5) is 0 Å². The zero-order valence-electron chi connectivity index (χ0n) is 14.8. The number of thiazole rings is 1. The van der Waals surface area contributed by atoms with Gasteiger partial charge in [0.2, 0.25) is 0 Å². The maximum atomic E-state index is 12.4. The van der Waals surface area contributed by atoms with Crippen molar-refractivity contribution in [1.29, 1.82) is 0 Å². The first-order valence-corrected chi connectivity index (χ1v) is 9.92. The number of carbonyl (C=O) groups is 2. The van der Waals surface area contributed by atoms with Crippen molar-refractivity contribution in [3.63, 3.8) is 0 Å². The summed E-state index contributed by atoms with van der Waals surface area (Å²) in [6, 6.07) is 15.4. The topological polar surface area (TPSA) is 56.3 Å². The van der Waals surface area contributed by atoms with Crippen molar-refractivity contribution in [3.8, 4) is 10.6 Å². The highest BCUT2D eigenvalue weighted by atomic mass is 32.1. The third kappa shape index (κ3) is 3.98. The highest BCUT2D eigenvalue weighted by Gasteiger charge is 2.17. The quantitative estimate of drug-likeness (QED) is 0.476. The Labute approximate surface area is 161 Å². The smallest absolute Gasteiger partial charge is 0.358 e. The van der Waals surface area contributed by atoms with E-state index >= 15 is 0 Å². The lowest BCUT2D eigenvalue weighted by Gasteiger charge is -2.16. The Morgan fingerprint density at radius 2 is 1.78 bits per heavy atom. The van der Waals surface area contributed by atoms with Crippen LogP contribution in [-0.4, -0.2) is 23.3 Å². The number of aromatic nitrogens is 1. The number of aryl methyl sites for hydroxylation is 2. The van der Waals surface area contributed by atoms with Gasteiger partial charge in [0.05, 0.1) is 0 Å². The maximum absolute atomic E-state index is 12.4. The Morgan fingerprint density at radius 3 is 2.59 bits per heavy atom. The largest absolute Gasteiger partial charge is 0.453 e. The summed E-state index contributed by atoms with van der Waals surface area (Å²) in [6.07, 6.45) is 4.45. The zero-order valence-corrected chi connectivity index (χ0v) is 15.6. The molecule has 0 bridgehead atoms. The summed E-state index contributed by atoms with van der Waals surface area (Å²) >= 11 is 1.38. The number of ether oxygens (including phenoxy) is 1. The van der Waals surface area contributed by atoms with Crippen molar-refractivity contribution in [2.75, 3.05) is 6.61 Å². The van der Waals surface area contributed by atoms with Gasteiger partial charge >= 0.3 is 5.97 Å². The van der Waals surface area contributed by atoms with Crippen LogP contribution in [-0.2, 0) is 17.6 Å². The number of nitrogens with zero attached hydrogens (tertiary/aromatic N) is 1. The molecule has 0 radical (unpaired) electrons. The number of rotatable bonds is 5. The molecule has 0 unspecified atom stereocenters. The highest BCUT2D eigenvalue weighted by Crippen LogP contribution is 2.24. The summed E-state index contributed by atoms with van der Waals surface area (Å²) < 4.78 is 5.19. The summed E-state index contributed by atoms with van der Waals surface area (Å²) in [5.74, 6) is -0.755. The Hall–Kier alpha value is -2.79. The number of carbonyl (C=O) groups excluding carboxylic acids is 2. The van der Waals surface area contributed by atoms with Crippen LogP contribution in [0.15, 0.2) is 53.9 Å². The van der Waals surface area contributed by atoms with Crippen LogP contribution in [0.3, 0.4) is 0 Å². The molecule has 0 spiro atoms. The normalized spacial score (nSPS) is 13.0. The summed E-state index contributed by atoms with van der Waals surface area (Å²) in [5, 5.41) is 2.41. The monoisotopic (exact) mass is 377 g/mol. The molecular formula is C22H19NO3S. The average Bonchev–Trinajstić information content (AvgIpc) is 3.22. The molecule has 1 aliphatic carbocycles. The Morgan fingerprint density at radius 1 is 1.00 bits per heavy atom. The predicted octanol–water partition coefficient (Wildman–Crippen LogP) is 4.73. The van der Waals surface area contributed by atoms with E-state index in [9.17, 15) is 9.59 Å². The molecule has 0 fully saturated rings. The molecule has 4 nitrogen and oxygen atoms in total. The zero-order chi connectivity index (χ0) is 18.6. The molecule has 4 rings (SSSR count). The first-order chi connectivity index (χ1) is 13.2. The van der Waals surface area contributed by atoms with E-state index in [0.717, 1.165) is 29.8 Å². The Kier molecular flexibility index (Phi) is 5.12. The minimum Gasteiger partial charge on any atom is -0.453 e. The number of esters is 1. The van der Waals surface area contributed by atoms with Gasteiger partial charge in [-0.15, -0.1) is 11.3 Å². The number of Topliss-reactive ketones (excluding diaryl/α,β-unsaturated/α-hetero) is 1. The number of fused-ring (bicyclic) bond motifs is 1. The summed E-state index contributed by atoms with van der Waals surface area (Å²) in [6.45, 7) is -0.268. The standard InChI is InChI=1S/C22H19NO3S/c24-20(18-11-10-15-6-4-5-9-17(15)12-18)13-26-22(25)19-14-27-21(23-19)16-7-2-1-3-8-16/h1-3,7-8,10-12,14H,4-6,9,13H2. The summed E-state index contributed by atoms with van der Waals surface area (Å²) in [5.41, 5.74) is 4.35. The van der Waals surface area contributed by atoms with Gasteiger partial charge in [-0.05, 0) is 42.9 Å². The second kappa shape index (κ2) is 7.84. The van der Waals surface area contributed by atoms with Gasteiger partial charge in [-0.3, -0.25) is 4.79 Å². The molecule has 0 saturated carbocycles. The van der Waals surface area contributed by atoms with Crippen LogP contribution in [0.5, 0.6) is 0 Å². The van der Waals surface area contributed by atoms with Crippen LogP contribution in [0.25, 0.3) is 10.6 Å². The summed E-state index contributed by atoms with van der Waals surface area (Å²) in [7, 11) is 0. The van der Waals surface area contributed by atoms with Gasteiger partial charge in [0.25, 0.3) is 0 Å². The van der Waals surface area contributed by atoms with E-state index in [0.29, 0.717) is 5.56 Å². The molecule has 5 heteroatoms. The SMILES string of the molecule is O=C(COC(=O)c1csc(-c2ccccc2)n1)c1ccc2c(c1)CCCC2. The van der Waals surface area contributed by atoms with E-state index in [1.165, 1.54) is 28.9 Å². The van der Waals surface area contributed by atoms with Crippen molar-refractivity contribution in [1.82, 2.24) is 4.98 Å². The molecule has 0 saturated heterocycles. The minimum atomic E-state index is -0.570. The van der Waals surface area contributed by atoms with E-state index in [1.807, 2.05) is 48.5 Å². The average molecular weight is 377 g/mol. The first kappa shape index (κ1) is 17.6. The van der Waals surface area contributed by atoms with E-state index in [1.54, 1.807) is 5.38 Å². The van der Waals surface area contributed by atoms with Gasteiger partial charge in [0, 0.05) is 16.5 Å². The van der Waals surface area contributed by atoms with Crippen LogP contribution < -0.4 is 0 Å². The second-order valence-electron chi connectivity index (χ2n) is 6.59. The lowest BCUT2D eigenvalue weighted by Crippen LogP contribution is -2.15. The molecular weight excluding hydrogens is 358 g/mol. The van der Waals surface area contributed by atoms with Gasteiger partial charge in [0.1, 0.15) is 5.01 Å². The van der Waals surface area contributed by atoms with Gasteiger partial charge in [-0.2, -0.15) is 0 Å². The fourth-order valence-electron chi connectivity index (χ4n) is 3.28.